The summed E-state index contributed by atoms with van der Waals surface area (Å²) >= 11 is 1.71. The Balaban J connectivity index is 3.28. The van der Waals surface area contributed by atoms with Crippen LogP contribution < -0.4 is 5.73 Å². The van der Waals surface area contributed by atoms with Crippen LogP contribution in [0.4, 0.5) is 0 Å². The minimum Gasteiger partial charge on any atom is -0.389 e. The van der Waals surface area contributed by atoms with Gasteiger partial charge in [-0.2, -0.15) is 11.8 Å². The van der Waals surface area contributed by atoms with E-state index in [9.17, 15) is 5.11 Å². The van der Waals surface area contributed by atoms with E-state index in [4.69, 9.17) is 5.73 Å². The van der Waals surface area contributed by atoms with E-state index in [0.717, 1.165) is 17.9 Å². The van der Waals surface area contributed by atoms with Crippen LogP contribution in [-0.2, 0) is 0 Å². The lowest BCUT2D eigenvalue weighted by Gasteiger charge is -2.19. The van der Waals surface area contributed by atoms with Gasteiger partial charge in [-0.25, -0.2) is 0 Å². The summed E-state index contributed by atoms with van der Waals surface area (Å²) in [6.07, 6.45) is 0.810. The average molecular weight is 163 g/mol. The van der Waals surface area contributed by atoms with Crippen LogP contribution in [0.15, 0.2) is 0 Å². The predicted molar refractivity (Wildman–Crippen MR) is 47.3 cm³/mol. The second kappa shape index (κ2) is 4.99. The van der Waals surface area contributed by atoms with E-state index in [0.29, 0.717) is 6.54 Å². The maximum atomic E-state index is 9.49. The molecule has 0 amide bonds. The molecule has 0 aromatic carbocycles. The predicted octanol–water partition coefficient (Wildman–Crippen LogP) is 0.839. The van der Waals surface area contributed by atoms with Crippen molar-refractivity contribution in [3.8, 4) is 0 Å². The fraction of sp³-hybridized carbons (Fsp3) is 1.00. The summed E-state index contributed by atoms with van der Waals surface area (Å²) in [6, 6.07) is 0. The van der Waals surface area contributed by atoms with Crippen molar-refractivity contribution < 1.29 is 5.11 Å². The van der Waals surface area contributed by atoms with Crippen molar-refractivity contribution in [1.29, 1.82) is 0 Å². The fourth-order valence-electron chi connectivity index (χ4n) is 0.477. The van der Waals surface area contributed by atoms with Crippen LogP contribution in [-0.4, -0.2) is 28.8 Å². The van der Waals surface area contributed by atoms with Crippen molar-refractivity contribution in [3.05, 3.63) is 0 Å². The summed E-state index contributed by atoms with van der Waals surface area (Å²) in [7, 11) is 0. The highest BCUT2D eigenvalue weighted by molar-refractivity contribution is 7.99. The Labute approximate surface area is 67.2 Å². The van der Waals surface area contributed by atoms with Crippen LogP contribution in [0, 0.1) is 0 Å². The second-order valence-corrected chi connectivity index (χ2v) is 3.80. The molecule has 0 aliphatic heterocycles. The zero-order valence-electron chi connectivity index (χ0n) is 6.76. The summed E-state index contributed by atoms with van der Waals surface area (Å²) in [5.41, 5.74) is 4.80. The topological polar surface area (TPSA) is 46.2 Å². The molecule has 3 heteroatoms. The van der Waals surface area contributed by atoms with E-state index in [2.05, 4.69) is 0 Å². The van der Waals surface area contributed by atoms with Gasteiger partial charge in [0.25, 0.3) is 0 Å². The maximum absolute atomic E-state index is 9.49. The molecule has 0 saturated heterocycles. The lowest BCUT2D eigenvalue weighted by atomic mass is 10.1. The lowest BCUT2D eigenvalue weighted by molar-refractivity contribution is 0.0816. The monoisotopic (exact) mass is 163 g/mol. The molecule has 2 nitrogen and oxygen atoms in total. The molecule has 62 valence electrons. The lowest BCUT2D eigenvalue weighted by Crippen LogP contribution is -2.26. The molecule has 1 unspecified atom stereocenters. The van der Waals surface area contributed by atoms with Crippen LogP contribution in [0.3, 0.4) is 0 Å². The standard InChI is InChI=1S/C7H17NOS/c1-3-7(2,9)6-10-5-4-8/h9H,3-6,8H2,1-2H3. The van der Waals surface area contributed by atoms with Gasteiger partial charge in [0.2, 0.25) is 0 Å². The first-order valence-corrected chi connectivity index (χ1v) is 4.78. The Morgan fingerprint density at radius 1 is 1.60 bits per heavy atom. The van der Waals surface area contributed by atoms with Crippen molar-refractivity contribution in [2.24, 2.45) is 5.73 Å². The molecule has 3 N–H and O–H groups in total. The van der Waals surface area contributed by atoms with E-state index < -0.39 is 5.60 Å². The molecule has 0 fully saturated rings. The van der Waals surface area contributed by atoms with Crippen LogP contribution in [0.2, 0.25) is 0 Å². The van der Waals surface area contributed by atoms with Crippen molar-refractivity contribution in [2.45, 2.75) is 25.9 Å². The Hall–Kier alpha value is 0.270. The van der Waals surface area contributed by atoms with Gasteiger partial charge in [-0.15, -0.1) is 0 Å². The summed E-state index contributed by atoms with van der Waals surface area (Å²) in [4.78, 5) is 0. The largest absolute Gasteiger partial charge is 0.389 e. The third-order valence-electron chi connectivity index (χ3n) is 1.44. The van der Waals surface area contributed by atoms with Crippen molar-refractivity contribution in [3.63, 3.8) is 0 Å². The average Bonchev–Trinajstić information content (AvgIpc) is 1.89. The van der Waals surface area contributed by atoms with Gasteiger partial charge in [0.15, 0.2) is 0 Å². The van der Waals surface area contributed by atoms with Gasteiger partial charge in [-0.05, 0) is 13.3 Å². The molecule has 0 bridgehead atoms. The molecule has 0 radical (unpaired) electrons. The highest BCUT2D eigenvalue weighted by Crippen LogP contribution is 2.15. The van der Waals surface area contributed by atoms with Crippen LogP contribution in [0.1, 0.15) is 20.3 Å². The van der Waals surface area contributed by atoms with Gasteiger partial charge in [0.05, 0.1) is 5.60 Å². The van der Waals surface area contributed by atoms with Gasteiger partial charge in [-0.1, -0.05) is 6.92 Å². The van der Waals surface area contributed by atoms with Crippen LogP contribution >= 0.6 is 11.8 Å². The molecule has 0 aliphatic rings. The Morgan fingerprint density at radius 3 is 2.60 bits per heavy atom. The van der Waals surface area contributed by atoms with E-state index >= 15 is 0 Å². The maximum Gasteiger partial charge on any atom is 0.0707 e. The fourth-order valence-corrected chi connectivity index (χ4v) is 1.43. The zero-order valence-corrected chi connectivity index (χ0v) is 7.58. The van der Waals surface area contributed by atoms with Crippen molar-refractivity contribution in [1.82, 2.24) is 0 Å². The number of hydrogen-bond donors (Lipinski definition) is 2. The molecule has 1 atom stereocenters. The first kappa shape index (κ1) is 10.3. The SMILES string of the molecule is CCC(C)(O)CSCCN. The van der Waals surface area contributed by atoms with Crippen molar-refractivity contribution >= 4 is 11.8 Å². The first-order chi connectivity index (χ1) is 4.62. The third-order valence-corrected chi connectivity index (χ3v) is 2.79. The number of thioether (sulfide) groups is 1. The molecule has 0 rings (SSSR count). The number of rotatable bonds is 5. The minimum absolute atomic E-state index is 0.500. The summed E-state index contributed by atoms with van der Waals surface area (Å²) in [6.45, 7) is 4.55. The summed E-state index contributed by atoms with van der Waals surface area (Å²) < 4.78 is 0. The van der Waals surface area contributed by atoms with Crippen LogP contribution in [0.25, 0.3) is 0 Å². The molecule has 0 heterocycles. The van der Waals surface area contributed by atoms with E-state index in [1.54, 1.807) is 11.8 Å². The van der Waals surface area contributed by atoms with E-state index in [-0.39, 0.29) is 0 Å². The molecule has 0 aromatic heterocycles. The molecular weight excluding hydrogens is 146 g/mol. The molecular formula is C7H17NOS. The molecule has 0 saturated carbocycles. The van der Waals surface area contributed by atoms with Crippen molar-refractivity contribution in [2.75, 3.05) is 18.1 Å². The quantitative estimate of drug-likeness (QED) is 0.590. The molecule has 0 aliphatic carbocycles. The molecule has 10 heavy (non-hydrogen) atoms. The normalized spacial score (nSPS) is 16.8. The summed E-state index contributed by atoms with van der Waals surface area (Å²) in [5, 5.41) is 9.49. The minimum atomic E-state index is -0.500. The van der Waals surface area contributed by atoms with Gasteiger partial charge >= 0.3 is 0 Å². The molecule has 0 aromatic rings. The number of nitrogens with two attached hydrogens (primary N) is 1. The first-order valence-electron chi connectivity index (χ1n) is 3.62. The zero-order chi connectivity index (χ0) is 8.04. The number of aliphatic hydroxyl groups is 1. The smallest absolute Gasteiger partial charge is 0.0707 e. The molecule has 0 spiro atoms. The van der Waals surface area contributed by atoms with Gasteiger partial charge in [0.1, 0.15) is 0 Å². The highest BCUT2D eigenvalue weighted by atomic mass is 32.2. The Kier molecular flexibility index (Phi) is 5.13. The third kappa shape index (κ3) is 5.09. The summed E-state index contributed by atoms with van der Waals surface area (Å²) in [5.74, 6) is 1.73. The number of hydrogen-bond acceptors (Lipinski definition) is 3. The van der Waals surface area contributed by atoms with Gasteiger partial charge < -0.3 is 10.8 Å². The Bertz CT molecular complexity index is 85.7. The Morgan fingerprint density at radius 2 is 2.20 bits per heavy atom. The highest BCUT2D eigenvalue weighted by Gasteiger charge is 2.16. The van der Waals surface area contributed by atoms with Gasteiger partial charge in [0, 0.05) is 18.1 Å². The van der Waals surface area contributed by atoms with Crippen LogP contribution in [0.5, 0.6) is 0 Å². The second-order valence-electron chi connectivity index (χ2n) is 2.69. The van der Waals surface area contributed by atoms with E-state index in [1.165, 1.54) is 0 Å². The van der Waals surface area contributed by atoms with E-state index in [1.807, 2.05) is 13.8 Å². The van der Waals surface area contributed by atoms with Gasteiger partial charge in [-0.3, -0.25) is 0 Å².